The lowest BCUT2D eigenvalue weighted by molar-refractivity contribution is -0.163. The molecule has 0 unspecified atom stereocenters. The predicted octanol–water partition coefficient (Wildman–Crippen LogP) is 7.54. The fourth-order valence-electron chi connectivity index (χ4n) is 13.9. The lowest BCUT2D eigenvalue weighted by Crippen LogP contribution is -2.70. The van der Waals surface area contributed by atoms with Crippen LogP contribution in [0.2, 0.25) is 0 Å². The molecule has 22 heteroatoms. The largest absolute Gasteiger partial charge is 0.496 e. The number of nitrogens with one attached hydrogen (secondary N) is 1. The molecule has 0 spiro atoms. The monoisotopic (exact) mass is 1270 g/mol. The van der Waals surface area contributed by atoms with E-state index < -0.39 is 34.2 Å². The first-order valence-corrected chi connectivity index (χ1v) is 32.9. The molecule has 1 saturated heterocycles. The fourth-order valence-corrected chi connectivity index (χ4v) is 13.9. The number of benzene rings is 2. The van der Waals surface area contributed by atoms with E-state index in [0.29, 0.717) is 93.5 Å². The Balaban J connectivity index is 0.979. The van der Waals surface area contributed by atoms with E-state index in [1.807, 2.05) is 108 Å². The van der Waals surface area contributed by atoms with E-state index in [0.717, 1.165) is 81.5 Å². The van der Waals surface area contributed by atoms with E-state index >= 15 is 0 Å². The Morgan fingerprint density at radius 1 is 0.615 bits per heavy atom. The van der Waals surface area contributed by atoms with Crippen LogP contribution in [0.1, 0.15) is 143 Å². The van der Waals surface area contributed by atoms with Gasteiger partial charge in [-0.05, 0) is 199 Å². The number of likely N-dealkylation sites (N-methyl/N-ethyl adjacent to an activating group) is 1. The van der Waals surface area contributed by atoms with Gasteiger partial charge in [0, 0.05) is 85.2 Å². The molecule has 3 aromatic rings. The van der Waals surface area contributed by atoms with Crippen LogP contribution in [0.25, 0.3) is 16.9 Å². The highest BCUT2D eigenvalue weighted by Crippen LogP contribution is 2.58. The number of nitrogens with zero attached hydrogens (tertiary/aromatic N) is 9. The Bertz CT molecular complexity index is 2880. The lowest BCUT2D eigenvalue weighted by atomic mass is 9.48. The summed E-state index contributed by atoms with van der Waals surface area (Å²) in [6.07, 6.45) is 6.04. The maximum Gasteiger partial charge on any atom is 0.330 e. The average Bonchev–Trinajstić information content (AvgIpc) is 0.921. The van der Waals surface area contributed by atoms with Gasteiger partial charge < -0.3 is 48.8 Å². The van der Waals surface area contributed by atoms with Gasteiger partial charge in [0.05, 0.1) is 57.3 Å². The highest BCUT2D eigenvalue weighted by Gasteiger charge is 2.62. The van der Waals surface area contributed by atoms with Gasteiger partial charge in [0.1, 0.15) is 33.8 Å². The summed E-state index contributed by atoms with van der Waals surface area (Å²) in [5.41, 5.74) is 0.757. The van der Waals surface area contributed by atoms with Crippen LogP contribution in [0.15, 0.2) is 42.5 Å². The molecule has 91 heavy (non-hydrogen) atoms. The number of hydrogen-bond acceptors (Lipinski definition) is 18. The summed E-state index contributed by atoms with van der Waals surface area (Å²) in [7, 11) is 9.21. The SMILES string of the molecule is COc1cccc(OC)c1-c1cc(C(=O)NC2(C(=O)O)C3CC4CC(C3)CC2C4)nn1-c1ccc(N(C)CCCN(C)CCCN(C)C(=O)CN2CCN(CC(=O)OC(C)(C)C)CCN(CC(=O)OC(C)(C)C)CCN(CC(=O)OC(C)(C)C)CC2)cc1C(C)C. The van der Waals surface area contributed by atoms with Gasteiger partial charge in [-0.25, -0.2) is 9.48 Å². The molecular weight excluding hydrogens is 1160 g/mol. The topological polar surface area (TPSA) is 221 Å². The first-order chi connectivity index (χ1) is 42.7. The average molecular weight is 1270 g/mol. The van der Waals surface area contributed by atoms with E-state index in [-0.39, 0.29) is 73.4 Å². The second-order valence-corrected chi connectivity index (χ2v) is 29.3. The highest BCUT2D eigenvalue weighted by atomic mass is 16.6. The fraction of sp³-hybridized carbons (Fsp3) is 0.696. The second-order valence-electron chi connectivity index (χ2n) is 29.3. The van der Waals surface area contributed by atoms with Gasteiger partial charge >= 0.3 is 23.9 Å². The molecule has 2 N–H and O–H groups in total. The number of aromatic nitrogens is 2. The van der Waals surface area contributed by atoms with Gasteiger partial charge in [0.2, 0.25) is 5.91 Å². The van der Waals surface area contributed by atoms with Crippen LogP contribution in [0.4, 0.5) is 5.69 Å². The van der Waals surface area contributed by atoms with E-state index in [1.54, 1.807) is 29.9 Å². The van der Waals surface area contributed by atoms with E-state index in [4.69, 9.17) is 28.8 Å². The molecule has 506 valence electrons. The van der Waals surface area contributed by atoms with Crippen molar-refractivity contribution in [3.8, 4) is 28.4 Å². The second kappa shape index (κ2) is 31.1. The number of hydrogen-bond donors (Lipinski definition) is 2. The molecule has 8 rings (SSSR count). The Labute approximate surface area is 541 Å². The third-order valence-electron chi connectivity index (χ3n) is 18.1. The molecule has 1 aromatic heterocycles. The number of esters is 3. The third-order valence-corrected chi connectivity index (χ3v) is 18.1. The molecule has 2 amide bonds. The minimum absolute atomic E-state index is 0.0282. The molecule has 1 aliphatic heterocycles. The van der Waals surface area contributed by atoms with Crippen molar-refractivity contribution in [2.75, 3.05) is 145 Å². The van der Waals surface area contributed by atoms with Gasteiger partial charge in [-0.3, -0.25) is 43.6 Å². The van der Waals surface area contributed by atoms with Crippen LogP contribution >= 0.6 is 0 Å². The Morgan fingerprint density at radius 3 is 1.47 bits per heavy atom. The number of ether oxygens (including phenoxy) is 5. The molecule has 4 bridgehead atoms. The summed E-state index contributed by atoms with van der Waals surface area (Å²) in [5.74, 6) is -0.680. The minimum Gasteiger partial charge on any atom is -0.496 e. The van der Waals surface area contributed by atoms with Crippen molar-refractivity contribution in [1.29, 1.82) is 0 Å². The summed E-state index contributed by atoms with van der Waals surface area (Å²) >= 11 is 0. The number of aliphatic carboxylic acids is 1. The first-order valence-electron chi connectivity index (χ1n) is 32.9. The number of anilines is 1. The maximum atomic E-state index is 14.6. The standard InChI is InChI=1S/C69H108N10O12/c1-47(2)53-41-52(22-23-55(53)79-56(63-57(87-15)20-17-21-58(63)88-16)42-54(71-79)64(84)70-69(65(85)86)50-37-48-36-49(39-50)40-51(69)38-48)73(13)26-18-24-72(12)25-19-27-74(14)59(80)43-75-28-30-76(44-60(81)89-66(3,4)5)32-34-78(46-62(83)91-68(9,10)11)35-33-77(31-29-75)45-61(82)90-67(6,7)8/h17,20-23,41-42,47-51H,18-19,24-40,43-46H2,1-16H3,(H,70,84)(H,85,86). The van der Waals surface area contributed by atoms with Crippen LogP contribution in [-0.2, 0) is 38.2 Å². The molecule has 22 nitrogen and oxygen atoms in total. The van der Waals surface area contributed by atoms with Gasteiger partial charge in [-0.1, -0.05) is 19.9 Å². The number of methoxy groups -OCH3 is 2. The number of amides is 2. The van der Waals surface area contributed by atoms with Crippen molar-refractivity contribution < 1.29 is 57.6 Å². The van der Waals surface area contributed by atoms with Crippen LogP contribution in [0.5, 0.6) is 11.5 Å². The Hall–Kier alpha value is -6.33. The molecule has 5 fully saturated rings. The number of carbonyl (C=O) groups excluding carboxylic acids is 5. The molecule has 5 aliphatic rings. The zero-order valence-electron chi connectivity index (χ0n) is 57.7. The zero-order chi connectivity index (χ0) is 66.8. The zero-order valence-corrected chi connectivity index (χ0v) is 57.7. The van der Waals surface area contributed by atoms with Crippen molar-refractivity contribution in [3.05, 3.63) is 53.7 Å². The van der Waals surface area contributed by atoms with Gasteiger partial charge in [0.25, 0.3) is 5.91 Å². The first kappa shape index (κ1) is 72.1. The molecular formula is C69H108N10O12. The molecule has 4 aliphatic carbocycles. The Kier molecular flexibility index (Phi) is 24.6. The van der Waals surface area contributed by atoms with Crippen molar-refractivity contribution >= 4 is 41.4 Å². The van der Waals surface area contributed by atoms with Crippen LogP contribution in [0.3, 0.4) is 0 Å². The number of rotatable bonds is 25. The predicted molar refractivity (Wildman–Crippen MR) is 352 cm³/mol. The van der Waals surface area contributed by atoms with Gasteiger partial charge in [-0.2, -0.15) is 5.10 Å². The molecule has 0 radical (unpaired) electrons. The molecule has 2 aromatic carbocycles. The van der Waals surface area contributed by atoms with Gasteiger partial charge in [0.15, 0.2) is 5.69 Å². The number of carboxylic acids is 1. The van der Waals surface area contributed by atoms with Gasteiger partial charge in [-0.15, -0.1) is 0 Å². The Morgan fingerprint density at radius 2 is 1.05 bits per heavy atom. The maximum absolute atomic E-state index is 14.6. The summed E-state index contributed by atoms with van der Waals surface area (Å²) in [6.45, 7) is 27.7. The normalized spacial score (nSPS) is 21.4. The van der Waals surface area contributed by atoms with E-state index in [9.17, 15) is 33.9 Å². The van der Waals surface area contributed by atoms with E-state index in [1.165, 1.54) is 0 Å². The van der Waals surface area contributed by atoms with Crippen molar-refractivity contribution in [1.82, 2.24) is 44.5 Å². The smallest absolute Gasteiger partial charge is 0.330 e. The quantitative estimate of drug-likeness (QED) is 0.0618. The summed E-state index contributed by atoms with van der Waals surface area (Å²) < 4.78 is 30.7. The van der Waals surface area contributed by atoms with Crippen LogP contribution in [0, 0.1) is 23.7 Å². The van der Waals surface area contributed by atoms with Crippen LogP contribution in [-0.4, -0.2) is 242 Å². The molecule has 0 atom stereocenters. The van der Waals surface area contributed by atoms with Crippen molar-refractivity contribution in [3.63, 3.8) is 0 Å². The number of carbonyl (C=O) groups is 6. The lowest BCUT2D eigenvalue weighted by Gasteiger charge is -2.59. The third kappa shape index (κ3) is 20.1. The summed E-state index contributed by atoms with van der Waals surface area (Å²) in [5, 5.41) is 19.1. The summed E-state index contributed by atoms with van der Waals surface area (Å²) in [6, 6.07) is 13.5. The van der Waals surface area contributed by atoms with Crippen molar-refractivity contribution in [2.45, 2.75) is 149 Å². The molecule has 4 saturated carbocycles. The highest BCUT2D eigenvalue weighted by molar-refractivity contribution is 5.98. The van der Waals surface area contributed by atoms with Crippen molar-refractivity contribution in [2.24, 2.45) is 23.7 Å². The summed E-state index contributed by atoms with van der Waals surface area (Å²) in [4.78, 5) is 96.1. The minimum atomic E-state index is -1.34. The molecule has 2 heterocycles. The number of carboxylic acid groups (broad SMARTS) is 1. The van der Waals surface area contributed by atoms with E-state index in [2.05, 4.69) is 60.1 Å². The van der Waals surface area contributed by atoms with Crippen LogP contribution < -0.4 is 19.7 Å².